The Bertz CT molecular complexity index is 298. The van der Waals surface area contributed by atoms with Gasteiger partial charge in [0.2, 0.25) is 0 Å². The molecule has 0 heterocycles. The fourth-order valence-corrected chi connectivity index (χ4v) is 1.24. The van der Waals surface area contributed by atoms with E-state index in [2.05, 4.69) is 4.90 Å². The molecule has 0 aromatic heterocycles. The molecule has 0 amide bonds. The number of nitrogens with zero attached hydrogens (tertiary/aromatic N) is 1. The van der Waals surface area contributed by atoms with Crippen molar-refractivity contribution in [1.29, 1.82) is 0 Å². The van der Waals surface area contributed by atoms with Gasteiger partial charge in [-0.1, -0.05) is 18.2 Å². The first-order valence-electron chi connectivity index (χ1n) is 5.56. The summed E-state index contributed by atoms with van der Waals surface area (Å²) in [6.45, 7) is 5.59. The highest BCUT2D eigenvalue weighted by Gasteiger charge is 2.21. The average molecular weight is 223 g/mol. The van der Waals surface area contributed by atoms with Crippen LogP contribution in [0.5, 0.6) is 5.75 Å². The molecule has 3 nitrogen and oxygen atoms in total. The van der Waals surface area contributed by atoms with E-state index in [0.29, 0.717) is 6.61 Å². The van der Waals surface area contributed by atoms with Gasteiger partial charge in [0.05, 0.1) is 6.61 Å². The predicted octanol–water partition coefficient (Wildman–Crippen LogP) is 1.77. The van der Waals surface area contributed by atoms with Crippen molar-refractivity contribution < 1.29 is 9.84 Å². The molecule has 0 bridgehead atoms. The van der Waals surface area contributed by atoms with Gasteiger partial charge in [0.15, 0.2) is 0 Å². The first-order chi connectivity index (χ1) is 7.56. The van der Waals surface area contributed by atoms with Crippen molar-refractivity contribution >= 4 is 0 Å². The standard InChI is InChI=1S/C13H21NO2/c1-13(2,11-15)14(3)9-10-16-12-7-5-4-6-8-12/h4-8,15H,9-11H2,1-3H3. The lowest BCUT2D eigenvalue weighted by Crippen LogP contribution is -2.45. The summed E-state index contributed by atoms with van der Waals surface area (Å²) in [5, 5.41) is 9.20. The third-order valence-electron chi connectivity index (χ3n) is 2.86. The van der Waals surface area contributed by atoms with E-state index in [0.717, 1.165) is 12.3 Å². The highest BCUT2D eigenvalue weighted by Crippen LogP contribution is 2.11. The second kappa shape index (κ2) is 5.87. The van der Waals surface area contributed by atoms with Gasteiger partial charge in [0.25, 0.3) is 0 Å². The van der Waals surface area contributed by atoms with Crippen LogP contribution in [0.25, 0.3) is 0 Å². The number of likely N-dealkylation sites (N-methyl/N-ethyl adjacent to an activating group) is 1. The molecule has 1 aromatic rings. The van der Waals surface area contributed by atoms with Crippen molar-refractivity contribution in [1.82, 2.24) is 4.90 Å². The maximum Gasteiger partial charge on any atom is 0.119 e. The Hall–Kier alpha value is -1.06. The topological polar surface area (TPSA) is 32.7 Å². The SMILES string of the molecule is CN(CCOc1ccccc1)C(C)(C)CO. The number of aliphatic hydroxyl groups excluding tert-OH is 1. The molecule has 0 fully saturated rings. The second-order valence-corrected chi connectivity index (χ2v) is 4.55. The van der Waals surface area contributed by atoms with Crippen molar-refractivity contribution in [2.75, 3.05) is 26.8 Å². The van der Waals surface area contributed by atoms with Gasteiger partial charge in [0, 0.05) is 12.1 Å². The van der Waals surface area contributed by atoms with Crippen LogP contribution in [0.1, 0.15) is 13.8 Å². The molecule has 3 heteroatoms. The number of ether oxygens (including phenoxy) is 1. The van der Waals surface area contributed by atoms with Gasteiger partial charge in [-0.2, -0.15) is 0 Å². The van der Waals surface area contributed by atoms with Crippen molar-refractivity contribution in [3.8, 4) is 5.75 Å². The molecular weight excluding hydrogens is 202 g/mol. The van der Waals surface area contributed by atoms with Crippen LogP contribution in [-0.2, 0) is 0 Å². The number of benzene rings is 1. The number of hydrogen-bond acceptors (Lipinski definition) is 3. The van der Waals surface area contributed by atoms with Crippen LogP contribution >= 0.6 is 0 Å². The molecule has 0 saturated carbocycles. The molecule has 1 rings (SSSR count). The molecule has 0 radical (unpaired) electrons. The summed E-state index contributed by atoms with van der Waals surface area (Å²) in [6.07, 6.45) is 0. The van der Waals surface area contributed by atoms with Gasteiger partial charge >= 0.3 is 0 Å². The zero-order valence-electron chi connectivity index (χ0n) is 10.3. The summed E-state index contributed by atoms with van der Waals surface area (Å²) < 4.78 is 5.59. The fourth-order valence-electron chi connectivity index (χ4n) is 1.24. The molecule has 0 aliphatic rings. The third-order valence-corrected chi connectivity index (χ3v) is 2.86. The Balaban J connectivity index is 2.31. The first kappa shape index (κ1) is 13.0. The van der Waals surface area contributed by atoms with E-state index in [4.69, 9.17) is 4.74 Å². The zero-order chi connectivity index (χ0) is 12.0. The molecule has 0 saturated heterocycles. The van der Waals surface area contributed by atoms with Crippen molar-refractivity contribution in [3.05, 3.63) is 30.3 Å². The monoisotopic (exact) mass is 223 g/mol. The molecule has 1 aromatic carbocycles. The molecule has 16 heavy (non-hydrogen) atoms. The van der Waals surface area contributed by atoms with E-state index in [1.165, 1.54) is 0 Å². The van der Waals surface area contributed by atoms with Crippen LogP contribution in [-0.4, -0.2) is 42.4 Å². The van der Waals surface area contributed by atoms with Crippen molar-refractivity contribution in [2.24, 2.45) is 0 Å². The van der Waals surface area contributed by atoms with Crippen LogP contribution in [0, 0.1) is 0 Å². The molecule has 0 unspecified atom stereocenters. The number of para-hydroxylation sites is 1. The van der Waals surface area contributed by atoms with E-state index >= 15 is 0 Å². The first-order valence-corrected chi connectivity index (χ1v) is 5.56. The highest BCUT2D eigenvalue weighted by atomic mass is 16.5. The normalized spacial score (nSPS) is 11.8. The van der Waals surface area contributed by atoms with Crippen LogP contribution in [0.3, 0.4) is 0 Å². The summed E-state index contributed by atoms with van der Waals surface area (Å²) in [6, 6.07) is 9.76. The van der Waals surface area contributed by atoms with Gasteiger partial charge in [-0.3, -0.25) is 4.90 Å². The average Bonchev–Trinajstić information content (AvgIpc) is 2.30. The molecule has 0 aliphatic carbocycles. The van der Waals surface area contributed by atoms with Crippen LogP contribution in [0.15, 0.2) is 30.3 Å². The molecular formula is C13H21NO2. The maximum absolute atomic E-state index is 9.20. The smallest absolute Gasteiger partial charge is 0.119 e. The van der Waals surface area contributed by atoms with Gasteiger partial charge in [0.1, 0.15) is 12.4 Å². The minimum Gasteiger partial charge on any atom is -0.492 e. The Morgan fingerprint density at radius 2 is 1.88 bits per heavy atom. The minimum absolute atomic E-state index is 0.148. The molecule has 0 aliphatic heterocycles. The lowest BCUT2D eigenvalue weighted by molar-refractivity contribution is 0.0679. The minimum atomic E-state index is -0.194. The molecule has 90 valence electrons. The fraction of sp³-hybridized carbons (Fsp3) is 0.538. The predicted molar refractivity (Wildman–Crippen MR) is 65.7 cm³/mol. The highest BCUT2D eigenvalue weighted by molar-refractivity contribution is 5.20. The molecule has 0 spiro atoms. The van der Waals surface area contributed by atoms with Crippen LogP contribution < -0.4 is 4.74 Å². The van der Waals surface area contributed by atoms with E-state index in [9.17, 15) is 5.11 Å². The Kier molecular flexibility index (Phi) is 4.77. The second-order valence-electron chi connectivity index (χ2n) is 4.55. The maximum atomic E-state index is 9.20. The van der Waals surface area contributed by atoms with Crippen molar-refractivity contribution in [2.45, 2.75) is 19.4 Å². The van der Waals surface area contributed by atoms with Gasteiger partial charge in [-0.25, -0.2) is 0 Å². The summed E-state index contributed by atoms with van der Waals surface area (Å²) in [4.78, 5) is 2.09. The number of aliphatic hydroxyl groups is 1. The van der Waals surface area contributed by atoms with Crippen LogP contribution in [0.4, 0.5) is 0 Å². The summed E-state index contributed by atoms with van der Waals surface area (Å²) >= 11 is 0. The number of hydrogen-bond donors (Lipinski definition) is 1. The quantitative estimate of drug-likeness (QED) is 0.797. The Labute approximate surface area is 97.7 Å². The van der Waals surface area contributed by atoms with E-state index in [1.54, 1.807) is 0 Å². The summed E-state index contributed by atoms with van der Waals surface area (Å²) in [5.41, 5.74) is -0.194. The van der Waals surface area contributed by atoms with Crippen molar-refractivity contribution in [3.63, 3.8) is 0 Å². The Morgan fingerprint density at radius 1 is 1.25 bits per heavy atom. The lowest BCUT2D eigenvalue weighted by Gasteiger charge is -2.33. The summed E-state index contributed by atoms with van der Waals surface area (Å²) in [7, 11) is 1.99. The van der Waals surface area contributed by atoms with E-state index in [-0.39, 0.29) is 12.1 Å². The zero-order valence-corrected chi connectivity index (χ0v) is 10.3. The largest absolute Gasteiger partial charge is 0.492 e. The van der Waals surface area contributed by atoms with E-state index < -0.39 is 0 Å². The molecule has 0 atom stereocenters. The Morgan fingerprint density at radius 3 is 2.44 bits per heavy atom. The molecule has 1 N–H and O–H groups in total. The number of rotatable bonds is 6. The van der Waals surface area contributed by atoms with Gasteiger partial charge < -0.3 is 9.84 Å². The lowest BCUT2D eigenvalue weighted by atomic mass is 10.1. The van der Waals surface area contributed by atoms with E-state index in [1.807, 2.05) is 51.2 Å². The van der Waals surface area contributed by atoms with Crippen LogP contribution in [0.2, 0.25) is 0 Å². The van der Waals surface area contributed by atoms with Gasteiger partial charge in [-0.15, -0.1) is 0 Å². The van der Waals surface area contributed by atoms with Gasteiger partial charge in [-0.05, 0) is 33.0 Å². The third kappa shape index (κ3) is 3.83. The summed E-state index contributed by atoms with van der Waals surface area (Å²) in [5.74, 6) is 0.887.